The van der Waals surface area contributed by atoms with Gasteiger partial charge in [-0.15, -0.1) is 0 Å². The molecule has 3 nitrogen and oxygen atoms in total. The number of morpholine rings is 1. The largest absolute Gasteiger partial charge is 0.386 e. The third kappa shape index (κ3) is 3.16. The van der Waals surface area contributed by atoms with Crippen molar-refractivity contribution in [2.45, 2.75) is 19.1 Å². The predicted octanol–water partition coefficient (Wildman–Crippen LogP) is 2.75. The predicted molar refractivity (Wildman–Crippen MR) is 73.3 cm³/mol. The Kier molecular flexibility index (Phi) is 4.87. The molecule has 0 saturated carbocycles. The molecule has 18 heavy (non-hydrogen) atoms. The summed E-state index contributed by atoms with van der Waals surface area (Å²) < 4.78 is 5.63. The van der Waals surface area contributed by atoms with Gasteiger partial charge in [-0.2, -0.15) is 0 Å². The summed E-state index contributed by atoms with van der Waals surface area (Å²) in [5, 5.41) is 11.5. The van der Waals surface area contributed by atoms with Crippen molar-refractivity contribution in [1.29, 1.82) is 0 Å². The summed E-state index contributed by atoms with van der Waals surface area (Å²) in [6.07, 6.45) is -1.000. The Bertz CT molecular complexity index is 414. The molecule has 1 N–H and O–H groups in total. The Balaban J connectivity index is 2.14. The maximum atomic E-state index is 10.4. The van der Waals surface area contributed by atoms with E-state index in [-0.39, 0.29) is 6.10 Å². The molecule has 1 aliphatic rings. The average molecular weight is 290 g/mol. The lowest BCUT2D eigenvalue weighted by atomic mass is 10.0. The number of aliphatic hydroxyl groups is 1. The van der Waals surface area contributed by atoms with E-state index in [1.165, 1.54) is 0 Å². The lowest BCUT2D eigenvalue weighted by molar-refractivity contribution is -0.0888. The number of nitrogens with zero attached hydrogens (tertiary/aromatic N) is 1. The van der Waals surface area contributed by atoms with E-state index in [2.05, 4.69) is 11.8 Å². The molecule has 5 heteroatoms. The Morgan fingerprint density at radius 2 is 2.28 bits per heavy atom. The van der Waals surface area contributed by atoms with Crippen LogP contribution in [0.25, 0.3) is 0 Å². The van der Waals surface area contributed by atoms with E-state index in [9.17, 15) is 5.11 Å². The number of hydrogen-bond acceptors (Lipinski definition) is 3. The summed E-state index contributed by atoms with van der Waals surface area (Å²) in [6.45, 7) is 5.30. The van der Waals surface area contributed by atoms with Gasteiger partial charge in [-0.3, -0.25) is 4.90 Å². The highest BCUT2D eigenvalue weighted by Gasteiger charge is 2.28. The van der Waals surface area contributed by atoms with Gasteiger partial charge in [0.1, 0.15) is 12.2 Å². The fraction of sp³-hybridized carbons (Fsp3) is 0.538. The van der Waals surface area contributed by atoms with Crippen molar-refractivity contribution in [3.05, 3.63) is 33.8 Å². The molecule has 0 aliphatic carbocycles. The van der Waals surface area contributed by atoms with Crippen molar-refractivity contribution in [2.24, 2.45) is 0 Å². The maximum Gasteiger partial charge on any atom is 0.108 e. The van der Waals surface area contributed by atoms with E-state index in [0.717, 1.165) is 13.1 Å². The molecule has 2 atom stereocenters. The van der Waals surface area contributed by atoms with Crippen LogP contribution in [0.1, 0.15) is 18.6 Å². The van der Waals surface area contributed by atoms with Gasteiger partial charge in [-0.05, 0) is 24.7 Å². The van der Waals surface area contributed by atoms with E-state index >= 15 is 0 Å². The second-order valence-electron chi connectivity index (χ2n) is 4.41. The van der Waals surface area contributed by atoms with E-state index < -0.39 is 6.10 Å². The number of ether oxygens (including phenoxy) is 1. The van der Waals surface area contributed by atoms with Crippen LogP contribution in [0.3, 0.4) is 0 Å². The third-order valence-electron chi connectivity index (χ3n) is 3.25. The second kappa shape index (κ2) is 6.22. The van der Waals surface area contributed by atoms with Crippen LogP contribution in [-0.2, 0) is 4.74 Å². The monoisotopic (exact) mass is 289 g/mol. The van der Waals surface area contributed by atoms with Crippen molar-refractivity contribution < 1.29 is 9.84 Å². The zero-order valence-electron chi connectivity index (χ0n) is 10.3. The molecule has 0 aromatic heterocycles. The lowest BCUT2D eigenvalue weighted by Gasteiger charge is -2.34. The number of aliphatic hydroxyl groups excluding tert-OH is 1. The lowest BCUT2D eigenvalue weighted by Crippen LogP contribution is -2.44. The first-order valence-electron chi connectivity index (χ1n) is 6.08. The van der Waals surface area contributed by atoms with Crippen LogP contribution in [0, 0.1) is 0 Å². The Morgan fingerprint density at radius 3 is 3.00 bits per heavy atom. The van der Waals surface area contributed by atoms with Crippen LogP contribution in [0.5, 0.6) is 0 Å². The summed E-state index contributed by atoms with van der Waals surface area (Å²) in [5.74, 6) is 0. The molecular weight excluding hydrogens is 273 g/mol. The summed E-state index contributed by atoms with van der Waals surface area (Å²) in [4.78, 5) is 2.25. The fourth-order valence-corrected chi connectivity index (χ4v) is 2.56. The molecule has 1 aromatic rings. The normalized spacial score (nSPS) is 23.0. The number of benzene rings is 1. The zero-order chi connectivity index (χ0) is 13.1. The Labute approximate surface area is 117 Å². The van der Waals surface area contributed by atoms with Gasteiger partial charge in [-0.1, -0.05) is 30.1 Å². The van der Waals surface area contributed by atoms with Crippen molar-refractivity contribution in [2.75, 3.05) is 26.2 Å². The molecule has 1 fully saturated rings. The molecule has 0 radical (unpaired) electrons. The van der Waals surface area contributed by atoms with Gasteiger partial charge >= 0.3 is 0 Å². The van der Waals surface area contributed by atoms with Crippen LogP contribution in [-0.4, -0.2) is 42.4 Å². The van der Waals surface area contributed by atoms with Crippen LogP contribution in [0.15, 0.2) is 18.2 Å². The van der Waals surface area contributed by atoms with Crippen LogP contribution >= 0.6 is 23.2 Å². The van der Waals surface area contributed by atoms with Gasteiger partial charge in [0.15, 0.2) is 0 Å². The van der Waals surface area contributed by atoms with Gasteiger partial charge in [0, 0.05) is 28.7 Å². The minimum Gasteiger partial charge on any atom is -0.386 e. The first-order chi connectivity index (χ1) is 8.61. The Morgan fingerprint density at radius 1 is 1.50 bits per heavy atom. The van der Waals surface area contributed by atoms with Crippen molar-refractivity contribution in [3.63, 3.8) is 0 Å². The molecule has 100 valence electrons. The van der Waals surface area contributed by atoms with Crippen LogP contribution in [0.2, 0.25) is 10.0 Å². The van der Waals surface area contributed by atoms with Crippen molar-refractivity contribution in [3.8, 4) is 0 Å². The molecule has 1 saturated heterocycles. The molecule has 0 bridgehead atoms. The smallest absolute Gasteiger partial charge is 0.108 e. The molecule has 2 rings (SSSR count). The van der Waals surface area contributed by atoms with Crippen LogP contribution < -0.4 is 0 Å². The summed E-state index contributed by atoms with van der Waals surface area (Å²) in [6, 6.07) is 5.10. The SMILES string of the molecule is CCN1CCOC(C(O)c2cc(Cl)ccc2Cl)C1. The van der Waals surface area contributed by atoms with E-state index in [1.807, 2.05) is 0 Å². The number of hydrogen-bond donors (Lipinski definition) is 1. The second-order valence-corrected chi connectivity index (χ2v) is 5.26. The van der Waals surface area contributed by atoms with Gasteiger partial charge in [0.05, 0.1) is 6.61 Å². The maximum absolute atomic E-state index is 10.4. The topological polar surface area (TPSA) is 32.7 Å². The van der Waals surface area contributed by atoms with E-state index in [1.54, 1.807) is 18.2 Å². The van der Waals surface area contributed by atoms with E-state index in [4.69, 9.17) is 27.9 Å². The van der Waals surface area contributed by atoms with Gasteiger partial charge in [0.2, 0.25) is 0 Å². The summed E-state index contributed by atoms with van der Waals surface area (Å²) >= 11 is 12.0. The molecule has 1 aliphatic heterocycles. The Hall–Kier alpha value is -0.320. The quantitative estimate of drug-likeness (QED) is 0.929. The molecular formula is C13H17Cl2NO2. The number of rotatable bonds is 3. The van der Waals surface area contributed by atoms with Gasteiger partial charge in [-0.25, -0.2) is 0 Å². The molecule has 0 spiro atoms. The van der Waals surface area contributed by atoms with Crippen molar-refractivity contribution in [1.82, 2.24) is 4.90 Å². The highest BCUT2D eigenvalue weighted by atomic mass is 35.5. The first-order valence-corrected chi connectivity index (χ1v) is 6.84. The van der Waals surface area contributed by atoms with Crippen LogP contribution in [0.4, 0.5) is 0 Å². The van der Waals surface area contributed by atoms with Crippen molar-refractivity contribution >= 4 is 23.2 Å². The highest BCUT2D eigenvalue weighted by molar-refractivity contribution is 6.33. The third-order valence-corrected chi connectivity index (χ3v) is 3.83. The average Bonchev–Trinajstić information content (AvgIpc) is 2.41. The number of halogens is 2. The summed E-state index contributed by atoms with van der Waals surface area (Å²) in [7, 11) is 0. The number of likely N-dealkylation sites (N-methyl/N-ethyl adjacent to an activating group) is 1. The standard InChI is InChI=1S/C13H17Cl2NO2/c1-2-16-5-6-18-12(8-16)13(17)10-7-9(14)3-4-11(10)15/h3-4,7,12-13,17H,2,5-6,8H2,1H3. The van der Waals surface area contributed by atoms with Gasteiger partial charge in [0.25, 0.3) is 0 Å². The minimum atomic E-state index is -0.745. The molecule has 0 amide bonds. The fourth-order valence-electron chi connectivity index (χ4n) is 2.15. The van der Waals surface area contributed by atoms with E-state index in [0.29, 0.717) is 28.8 Å². The molecule has 1 heterocycles. The minimum absolute atomic E-state index is 0.255. The van der Waals surface area contributed by atoms with Gasteiger partial charge < -0.3 is 9.84 Å². The summed E-state index contributed by atoms with van der Waals surface area (Å²) in [5.41, 5.74) is 0.632. The molecule has 2 unspecified atom stereocenters. The molecule has 1 aromatic carbocycles. The first kappa shape index (κ1) is 14.1. The highest BCUT2D eigenvalue weighted by Crippen LogP contribution is 2.30. The zero-order valence-corrected chi connectivity index (χ0v) is 11.8.